The Morgan fingerprint density at radius 3 is 2.46 bits per heavy atom. The zero-order valence-electron chi connectivity index (χ0n) is 19.1. The maximum Gasteiger partial charge on any atom is 0.416 e. The molecule has 2 heterocycles. The number of rotatable bonds is 6. The number of nitrogens with one attached hydrogen (secondary N) is 2. The summed E-state index contributed by atoms with van der Waals surface area (Å²) in [5.74, 6) is 1.23. The Bertz CT molecular complexity index is 1070. The van der Waals surface area contributed by atoms with Gasteiger partial charge in [-0.2, -0.15) is 13.2 Å². The summed E-state index contributed by atoms with van der Waals surface area (Å²) in [6.45, 7) is 3.45. The summed E-state index contributed by atoms with van der Waals surface area (Å²) >= 11 is 0. The molecule has 2 aliphatic heterocycles. The van der Waals surface area contributed by atoms with E-state index < -0.39 is 29.3 Å². The molecular weight excluding hydrogens is 463 g/mol. The topological polar surface area (TPSA) is 83.1 Å². The highest BCUT2D eigenvalue weighted by Gasteiger charge is 2.60. The molecule has 1 aliphatic carbocycles. The van der Waals surface area contributed by atoms with Crippen LogP contribution in [0.2, 0.25) is 0 Å². The number of likely N-dealkylation sites (tertiary alicyclic amines) is 1. The highest BCUT2D eigenvalue weighted by atomic mass is 19.4. The summed E-state index contributed by atoms with van der Waals surface area (Å²) in [5, 5.41) is 17.0. The molecule has 2 aromatic carbocycles. The fourth-order valence-electron chi connectivity index (χ4n) is 5.07. The van der Waals surface area contributed by atoms with Gasteiger partial charge in [-0.05, 0) is 74.3 Å². The number of alkyl halides is 3. The van der Waals surface area contributed by atoms with E-state index >= 15 is 0 Å². The van der Waals surface area contributed by atoms with E-state index in [9.17, 15) is 23.1 Å². The van der Waals surface area contributed by atoms with Crippen LogP contribution in [0.4, 0.5) is 23.7 Å². The Kier molecular flexibility index (Phi) is 6.27. The third-order valence-corrected chi connectivity index (χ3v) is 7.04. The molecule has 10 heteroatoms. The molecule has 0 spiro atoms. The van der Waals surface area contributed by atoms with Gasteiger partial charge >= 0.3 is 12.2 Å². The van der Waals surface area contributed by atoms with E-state index in [2.05, 4.69) is 15.5 Å². The molecular formula is C25H28F3N3O4. The Balaban J connectivity index is 1.29. The maximum atomic E-state index is 12.8. The second-order valence-corrected chi connectivity index (χ2v) is 9.45. The molecule has 188 valence electrons. The standard InChI is InChI=1S/C25H28F3N3O4/c26-25(27,28)17-4-6-18(7-5-17)29-23(33)30-21-14-24(21,15-31-9-1-2-10-31)22(32)16-3-8-19-20(13-16)35-12-11-34-19/h3-8,13,21-22,32H,1-2,9-12,14-15H2,(H2,29,30,33)/t21?,22-,24?/m1/s1. The first kappa shape index (κ1) is 23.7. The minimum Gasteiger partial charge on any atom is -0.486 e. The van der Waals surface area contributed by atoms with Gasteiger partial charge in [0.25, 0.3) is 0 Å². The van der Waals surface area contributed by atoms with Gasteiger partial charge in [0.05, 0.1) is 11.7 Å². The van der Waals surface area contributed by atoms with E-state index in [4.69, 9.17) is 9.47 Å². The van der Waals surface area contributed by atoms with Gasteiger partial charge < -0.3 is 30.1 Å². The van der Waals surface area contributed by atoms with Crippen LogP contribution in [0, 0.1) is 5.41 Å². The molecule has 5 rings (SSSR count). The molecule has 3 N–H and O–H groups in total. The number of anilines is 1. The maximum absolute atomic E-state index is 12.8. The Labute approximate surface area is 201 Å². The summed E-state index contributed by atoms with van der Waals surface area (Å²) in [5.41, 5.74) is -0.404. The van der Waals surface area contributed by atoms with Gasteiger partial charge in [0.2, 0.25) is 0 Å². The predicted molar refractivity (Wildman–Crippen MR) is 123 cm³/mol. The molecule has 0 bridgehead atoms. The molecule has 1 saturated heterocycles. The van der Waals surface area contributed by atoms with Crippen molar-refractivity contribution in [2.24, 2.45) is 5.41 Å². The molecule has 7 nitrogen and oxygen atoms in total. The predicted octanol–water partition coefficient (Wildman–Crippen LogP) is 4.19. The number of benzene rings is 2. The number of urea groups is 1. The lowest BCUT2D eigenvalue weighted by Gasteiger charge is -2.30. The number of aliphatic hydroxyl groups excluding tert-OH is 1. The number of hydrogen-bond acceptors (Lipinski definition) is 5. The van der Waals surface area contributed by atoms with Crippen LogP contribution in [0.3, 0.4) is 0 Å². The van der Waals surface area contributed by atoms with Crippen molar-refractivity contribution in [3.63, 3.8) is 0 Å². The van der Waals surface area contributed by atoms with Crippen LogP contribution in [0.1, 0.15) is 36.5 Å². The lowest BCUT2D eigenvalue weighted by Crippen LogP contribution is -2.40. The number of aliphatic hydroxyl groups is 1. The fraction of sp³-hybridized carbons (Fsp3) is 0.480. The third kappa shape index (κ3) is 5.04. The summed E-state index contributed by atoms with van der Waals surface area (Å²) in [6, 6.07) is 8.89. The van der Waals surface area contributed by atoms with Crippen molar-refractivity contribution in [3.8, 4) is 11.5 Å². The molecule has 3 aliphatic rings. The van der Waals surface area contributed by atoms with Crippen molar-refractivity contribution in [1.29, 1.82) is 0 Å². The first-order valence-corrected chi connectivity index (χ1v) is 11.8. The van der Waals surface area contributed by atoms with Crippen LogP contribution in [0.5, 0.6) is 11.5 Å². The van der Waals surface area contributed by atoms with E-state index in [1.165, 1.54) is 12.1 Å². The van der Waals surface area contributed by atoms with E-state index in [1.54, 1.807) is 12.1 Å². The van der Waals surface area contributed by atoms with Gasteiger partial charge in [-0.15, -0.1) is 0 Å². The quantitative estimate of drug-likeness (QED) is 0.565. The summed E-state index contributed by atoms with van der Waals surface area (Å²) in [4.78, 5) is 14.9. The highest BCUT2D eigenvalue weighted by molar-refractivity contribution is 5.89. The SMILES string of the molecule is O=C(Nc1ccc(C(F)(F)F)cc1)NC1CC1(CN1CCCC1)[C@H](O)c1ccc2c(c1)OCCO2. The number of nitrogens with zero attached hydrogens (tertiary/aromatic N) is 1. The molecule has 0 radical (unpaired) electrons. The first-order chi connectivity index (χ1) is 16.7. The average molecular weight is 492 g/mol. The van der Waals surface area contributed by atoms with Crippen LogP contribution in [-0.2, 0) is 6.18 Å². The normalized spacial score (nSPS) is 24.6. The molecule has 35 heavy (non-hydrogen) atoms. The zero-order chi connectivity index (χ0) is 24.6. The number of halogens is 3. The van der Waals surface area contributed by atoms with E-state index in [1.807, 2.05) is 6.07 Å². The van der Waals surface area contributed by atoms with Gasteiger partial charge in [0.15, 0.2) is 11.5 Å². The fourth-order valence-corrected chi connectivity index (χ4v) is 5.07. The van der Waals surface area contributed by atoms with Crippen molar-refractivity contribution in [2.75, 3.05) is 38.2 Å². The van der Waals surface area contributed by atoms with Crippen molar-refractivity contribution in [1.82, 2.24) is 10.2 Å². The molecule has 0 aromatic heterocycles. The number of hydrogen-bond donors (Lipinski definition) is 3. The van der Waals surface area contributed by atoms with Gasteiger partial charge in [0, 0.05) is 23.7 Å². The molecule has 2 unspecified atom stereocenters. The van der Waals surface area contributed by atoms with Crippen molar-refractivity contribution >= 4 is 11.7 Å². The number of carbonyl (C=O) groups is 1. The van der Waals surface area contributed by atoms with Crippen LogP contribution in [-0.4, -0.2) is 54.9 Å². The zero-order valence-corrected chi connectivity index (χ0v) is 19.1. The molecule has 2 aromatic rings. The van der Waals surface area contributed by atoms with Crippen LogP contribution >= 0.6 is 0 Å². The highest BCUT2D eigenvalue weighted by Crippen LogP contribution is 2.56. The number of ether oxygens (including phenoxy) is 2. The van der Waals surface area contributed by atoms with Crippen molar-refractivity contribution < 1.29 is 32.5 Å². The van der Waals surface area contributed by atoms with Gasteiger partial charge in [0.1, 0.15) is 13.2 Å². The monoisotopic (exact) mass is 491 g/mol. The Hall–Kier alpha value is -2.98. The lowest BCUT2D eigenvalue weighted by molar-refractivity contribution is -0.137. The second-order valence-electron chi connectivity index (χ2n) is 9.45. The molecule has 1 saturated carbocycles. The van der Waals surface area contributed by atoms with Crippen LogP contribution in [0.25, 0.3) is 0 Å². The largest absolute Gasteiger partial charge is 0.486 e. The van der Waals surface area contributed by atoms with Crippen LogP contribution < -0.4 is 20.1 Å². The van der Waals surface area contributed by atoms with E-state index in [-0.39, 0.29) is 11.7 Å². The molecule has 3 atom stereocenters. The van der Waals surface area contributed by atoms with Gasteiger partial charge in [-0.1, -0.05) is 6.07 Å². The number of carbonyl (C=O) groups excluding carboxylic acids is 1. The molecule has 2 amide bonds. The van der Waals surface area contributed by atoms with Gasteiger partial charge in [-0.25, -0.2) is 4.79 Å². The molecule has 2 fully saturated rings. The number of amides is 2. The Morgan fingerprint density at radius 1 is 1.09 bits per heavy atom. The lowest BCUT2D eigenvalue weighted by atomic mass is 9.91. The van der Waals surface area contributed by atoms with E-state index in [0.717, 1.165) is 38.1 Å². The Morgan fingerprint density at radius 2 is 1.77 bits per heavy atom. The average Bonchev–Trinajstić information content (AvgIpc) is 3.25. The van der Waals surface area contributed by atoms with E-state index in [0.29, 0.717) is 43.2 Å². The number of fused-ring (bicyclic) bond motifs is 1. The minimum atomic E-state index is -4.44. The van der Waals surface area contributed by atoms with Crippen LogP contribution in [0.15, 0.2) is 42.5 Å². The second kappa shape index (κ2) is 9.23. The summed E-state index contributed by atoms with van der Waals surface area (Å²) in [7, 11) is 0. The van der Waals surface area contributed by atoms with Crippen molar-refractivity contribution in [2.45, 2.75) is 37.6 Å². The third-order valence-electron chi connectivity index (χ3n) is 7.04. The summed E-state index contributed by atoms with van der Waals surface area (Å²) < 4.78 is 49.6. The van der Waals surface area contributed by atoms with Gasteiger partial charge in [-0.3, -0.25) is 0 Å². The first-order valence-electron chi connectivity index (χ1n) is 11.8. The minimum absolute atomic E-state index is 0.258. The summed E-state index contributed by atoms with van der Waals surface area (Å²) in [6.07, 6.45) is -2.49. The smallest absolute Gasteiger partial charge is 0.416 e. The van der Waals surface area contributed by atoms with Crippen molar-refractivity contribution in [3.05, 3.63) is 53.6 Å².